The highest BCUT2D eigenvalue weighted by molar-refractivity contribution is 6.17. The summed E-state index contributed by atoms with van der Waals surface area (Å²) in [4.78, 5) is 2.42. The molecule has 0 radical (unpaired) electrons. The lowest BCUT2D eigenvalue weighted by Crippen LogP contribution is -2.12. The Balaban J connectivity index is 1.16. The average Bonchev–Trinajstić information content (AvgIpc) is 3.85. The molecule has 2 aromatic heterocycles. The molecule has 58 heavy (non-hydrogen) atoms. The smallest absolute Gasteiger partial charge is 0.145 e. The second kappa shape index (κ2) is 13.8. The van der Waals surface area contributed by atoms with Gasteiger partial charge in [0.25, 0.3) is 0 Å². The van der Waals surface area contributed by atoms with Crippen LogP contribution >= 0.6 is 0 Å². The third kappa shape index (κ3) is 5.59. The standard InChI is InChI=1S/C55H38N2O/c1-37-27-30-42(31-28-37)56(51-33-29-40(38-15-4-2-5-16-38)36-48(51)39-17-6-3-7-18-39)52-34-32-44(55-54(52)47-23-10-13-26-53(47)58-55)41-19-14-20-43(35-41)57-49-24-11-8-21-45(49)46-22-9-12-25-50(46)57/h2-36H,1H3. The normalized spacial score (nSPS) is 11.5. The highest BCUT2D eigenvalue weighted by Crippen LogP contribution is 2.49. The topological polar surface area (TPSA) is 21.3 Å². The zero-order valence-corrected chi connectivity index (χ0v) is 32.0. The van der Waals surface area contributed by atoms with Crippen molar-refractivity contribution in [3.63, 3.8) is 0 Å². The van der Waals surface area contributed by atoms with E-state index in [-0.39, 0.29) is 0 Å². The molecular formula is C55H38N2O. The monoisotopic (exact) mass is 742 g/mol. The minimum atomic E-state index is 0.858. The van der Waals surface area contributed by atoms with Crippen LogP contribution in [0.2, 0.25) is 0 Å². The Kier molecular flexibility index (Phi) is 8.04. The van der Waals surface area contributed by atoms with Crippen LogP contribution in [0.15, 0.2) is 217 Å². The Morgan fingerprint density at radius 3 is 1.74 bits per heavy atom. The first-order valence-corrected chi connectivity index (χ1v) is 19.8. The van der Waals surface area contributed by atoms with Crippen LogP contribution in [0.1, 0.15) is 5.56 Å². The van der Waals surface area contributed by atoms with Crippen LogP contribution in [0.5, 0.6) is 0 Å². The molecule has 0 unspecified atom stereocenters. The number of hydrogen-bond acceptors (Lipinski definition) is 2. The summed E-state index contributed by atoms with van der Waals surface area (Å²) in [5.74, 6) is 0. The minimum Gasteiger partial charge on any atom is -0.455 e. The SMILES string of the molecule is Cc1ccc(N(c2ccc(-c3ccccc3)cc2-c2ccccc2)c2ccc(-c3cccc(-n4c5ccccc5c5ccccc54)c3)c3oc4ccccc4c23)cc1. The van der Waals surface area contributed by atoms with Crippen LogP contribution in [-0.2, 0) is 0 Å². The molecule has 9 aromatic carbocycles. The van der Waals surface area contributed by atoms with Crippen LogP contribution in [0.25, 0.3) is 82.8 Å². The Labute approximate surface area is 337 Å². The number of aromatic nitrogens is 1. The van der Waals surface area contributed by atoms with E-state index in [1.54, 1.807) is 0 Å². The fourth-order valence-corrected chi connectivity index (χ4v) is 8.73. The van der Waals surface area contributed by atoms with Gasteiger partial charge in [0, 0.05) is 38.7 Å². The molecule has 0 amide bonds. The van der Waals surface area contributed by atoms with Gasteiger partial charge in [-0.1, -0.05) is 151 Å². The maximum atomic E-state index is 6.95. The molecule has 0 saturated heterocycles. The zero-order chi connectivity index (χ0) is 38.6. The van der Waals surface area contributed by atoms with Crippen molar-refractivity contribution in [2.24, 2.45) is 0 Å². The Bertz CT molecular complexity index is 3230. The first-order valence-electron chi connectivity index (χ1n) is 19.8. The summed E-state index contributed by atoms with van der Waals surface area (Å²) in [7, 11) is 0. The van der Waals surface area contributed by atoms with Gasteiger partial charge in [0.15, 0.2) is 0 Å². The fourth-order valence-electron chi connectivity index (χ4n) is 8.73. The van der Waals surface area contributed by atoms with Crippen molar-refractivity contribution >= 4 is 60.8 Å². The van der Waals surface area contributed by atoms with E-state index < -0.39 is 0 Å². The van der Waals surface area contributed by atoms with E-state index in [1.165, 1.54) is 38.5 Å². The van der Waals surface area contributed by atoms with E-state index in [0.717, 1.165) is 66.9 Å². The van der Waals surface area contributed by atoms with Gasteiger partial charge >= 0.3 is 0 Å². The maximum absolute atomic E-state index is 6.95. The minimum absolute atomic E-state index is 0.858. The third-order valence-corrected chi connectivity index (χ3v) is 11.5. The molecule has 0 aliphatic rings. The first kappa shape index (κ1) is 33.7. The molecular weight excluding hydrogens is 705 g/mol. The van der Waals surface area contributed by atoms with Gasteiger partial charge in [-0.2, -0.15) is 0 Å². The summed E-state index contributed by atoms with van der Waals surface area (Å²) in [6.07, 6.45) is 0. The number of benzene rings is 9. The summed E-state index contributed by atoms with van der Waals surface area (Å²) in [5, 5.41) is 4.64. The highest BCUT2D eigenvalue weighted by Gasteiger charge is 2.25. The van der Waals surface area contributed by atoms with Crippen molar-refractivity contribution in [3.05, 3.63) is 218 Å². The molecule has 3 nitrogen and oxygen atoms in total. The maximum Gasteiger partial charge on any atom is 0.145 e. The van der Waals surface area contributed by atoms with Crippen LogP contribution in [0.3, 0.4) is 0 Å². The number of furan rings is 1. The van der Waals surface area contributed by atoms with Gasteiger partial charge in [0.05, 0.1) is 27.8 Å². The molecule has 0 atom stereocenters. The molecule has 274 valence electrons. The zero-order valence-electron chi connectivity index (χ0n) is 32.0. The van der Waals surface area contributed by atoms with Crippen LogP contribution in [-0.4, -0.2) is 4.57 Å². The molecule has 3 heteroatoms. The van der Waals surface area contributed by atoms with Gasteiger partial charge in [0.1, 0.15) is 11.2 Å². The summed E-state index contributed by atoms with van der Waals surface area (Å²) in [6.45, 7) is 2.14. The summed E-state index contributed by atoms with van der Waals surface area (Å²) in [5.41, 5.74) is 16.4. The molecule has 0 fully saturated rings. The lowest BCUT2D eigenvalue weighted by Gasteiger charge is -2.29. The van der Waals surface area contributed by atoms with Crippen molar-refractivity contribution in [3.8, 4) is 39.1 Å². The summed E-state index contributed by atoms with van der Waals surface area (Å²) >= 11 is 0. The number of fused-ring (bicyclic) bond motifs is 6. The molecule has 0 bridgehead atoms. The van der Waals surface area contributed by atoms with Gasteiger partial charge in [-0.15, -0.1) is 0 Å². The number of rotatable bonds is 7. The number of hydrogen-bond donors (Lipinski definition) is 0. The molecule has 2 heterocycles. The molecule has 11 aromatic rings. The number of nitrogens with zero attached hydrogens (tertiary/aromatic N) is 2. The average molecular weight is 743 g/mol. The van der Waals surface area contributed by atoms with Gasteiger partial charge in [0.2, 0.25) is 0 Å². The largest absolute Gasteiger partial charge is 0.455 e. The van der Waals surface area contributed by atoms with Crippen molar-refractivity contribution in [2.45, 2.75) is 6.92 Å². The molecule has 0 saturated carbocycles. The highest BCUT2D eigenvalue weighted by atomic mass is 16.3. The Morgan fingerprint density at radius 2 is 1.02 bits per heavy atom. The summed E-state index contributed by atoms with van der Waals surface area (Å²) in [6, 6.07) is 76.2. The van der Waals surface area contributed by atoms with E-state index in [1.807, 2.05) is 0 Å². The fraction of sp³-hybridized carbons (Fsp3) is 0.0182. The number of anilines is 3. The van der Waals surface area contributed by atoms with E-state index >= 15 is 0 Å². The van der Waals surface area contributed by atoms with Gasteiger partial charge in [-0.3, -0.25) is 0 Å². The van der Waals surface area contributed by atoms with E-state index in [0.29, 0.717) is 0 Å². The first-order chi connectivity index (χ1) is 28.7. The molecule has 0 aliphatic carbocycles. The van der Waals surface area contributed by atoms with Crippen molar-refractivity contribution in [1.29, 1.82) is 0 Å². The molecule has 11 rings (SSSR count). The van der Waals surface area contributed by atoms with Gasteiger partial charge in [-0.05, 0) is 95.9 Å². The lowest BCUT2D eigenvalue weighted by molar-refractivity contribution is 0.670. The second-order valence-corrected chi connectivity index (χ2v) is 15.0. The summed E-state index contributed by atoms with van der Waals surface area (Å²) < 4.78 is 9.33. The van der Waals surface area contributed by atoms with E-state index in [4.69, 9.17) is 4.42 Å². The predicted molar refractivity (Wildman–Crippen MR) is 244 cm³/mol. The van der Waals surface area contributed by atoms with Crippen LogP contribution in [0.4, 0.5) is 17.1 Å². The predicted octanol–water partition coefficient (Wildman–Crippen LogP) is 15.5. The van der Waals surface area contributed by atoms with Crippen molar-refractivity contribution in [1.82, 2.24) is 4.57 Å². The lowest BCUT2D eigenvalue weighted by atomic mass is 9.95. The third-order valence-electron chi connectivity index (χ3n) is 11.5. The molecule has 0 aliphatic heterocycles. The Hall–Kier alpha value is -7.62. The van der Waals surface area contributed by atoms with Crippen LogP contribution < -0.4 is 4.90 Å². The van der Waals surface area contributed by atoms with Crippen molar-refractivity contribution in [2.75, 3.05) is 4.90 Å². The van der Waals surface area contributed by atoms with Crippen molar-refractivity contribution < 1.29 is 4.42 Å². The Morgan fingerprint density at radius 1 is 0.414 bits per heavy atom. The van der Waals surface area contributed by atoms with Gasteiger partial charge < -0.3 is 13.9 Å². The molecule has 0 N–H and O–H groups in total. The second-order valence-electron chi connectivity index (χ2n) is 15.0. The van der Waals surface area contributed by atoms with E-state index in [2.05, 4.69) is 229 Å². The van der Waals surface area contributed by atoms with E-state index in [9.17, 15) is 0 Å². The van der Waals surface area contributed by atoms with Crippen LogP contribution in [0, 0.1) is 6.92 Å². The molecule has 0 spiro atoms. The quantitative estimate of drug-likeness (QED) is 0.162. The number of para-hydroxylation sites is 3. The number of aryl methyl sites for hydroxylation is 1. The van der Waals surface area contributed by atoms with Gasteiger partial charge in [-0.25, -0.2) is 0 Å².